The van der Waals surface area contributed by atoms with Gasteiger partial charge >= 0.3 is 0 Å². The van der Waals surface area contributed by atoms with E-state index in [2.05, 4.69) is 10.3 Å². The summed E-state index contributed by atoms with van der Waals surface area (Å²) in [6.45, 7) is 5.27. The van der Waals surface area contributed by atoms with Gasteiger partial charge in [0.2, 0.25) is 0 Å². The minimum Gasteiger partial charge on any atom is -0.394 e. The molecule has 0 spiro atoms. The molecule has 20 heavy (non-hydrogen) atoms. The SMILES string of the molecule is Cc1nc(-c2ccccc2)sc1C(=O)NC(C)(C)CO. The number of carbonyl (C=O) groups excluding carboxylic acids is 1. The van der Waals surface area contributed by atoms with Crippen molar-refractivity contribution >= 4 is 17.2 Å². The molecule has 0 atom stereocenters. The third-order valence-electron chi connectivity index (χ3n) is 2.87. The Labute approximate surface area is 122 Å². The van der Waals surface area contributed by atoms with Gasteiger partial charge in [0.25, 0.3) is 5.91 Å². The quantitative estimate of drug-likeness (QED) is 0.910. The summed E-state index contributed by atoms with van der Waals surface area (Å²) in [6, 6.07) is 9.78. The van der Waals surface area contributed by atoms with E-state index in [0.29, 0.717) is 10.6 Å². The number of benzene rings is 1. The molecule has 1 aromatic carbocycles. The maximum atomic E-state index is 12.2. The van der Waals surface area contributed by atoms with Gasteiger partial charge in [-0.2, -0.15) is 0 Å². The van der Waals surface area contributed by atoms with Gasteiger partial charge in [-0.1, -0.05) is 30.3 Å². The molecule has 0 saturated carbocycles. The van der Waals surface area contributed by atoms with E-state index in [-0.39, 0.29) is 12.5 Å². The van der Waals surface area contributed by atoms with Gasteiger partial charge in [0.05, 0.1) is 17.8 Å². The molecule has 2 N–H and O–H groups in total. The monoisotopic (exact) mass is 290 g/mol. The van der Waals surface area contributed by atoms with E-state index in [1.807, 2.05) is 37.3 Å². The number of thiazole rings is 1. The van der Waals surface area contributed by atoms with E-state index < -0.39 is 5.54 Å². The Morgan fingerprint density at radius 1 is 1.35 bits per heavy atom. The van der Waals surface area contributed by atoms with Gasteiger partial charge in [0.1, 0.15) is 9.88 Å². The van der Waals surface area contributed by atoms with Crippen molar-refractivity contribution < 1.29 is 9.90 Å². The van der Waals surface area contributed by atoms with Crippen LogP contribution in [0.25, 0.3) is 10.6 Å². The Kier molecular flexibility index (Phi) is 4.20. The van der Waals surface area contributed by atoms with Gasteiger partial charge in [-0.05, 0) is 20.8 Å². The molecule has 0 unspecified atom stereocenters. The first-order chi connectivity index (χ1) is 9.43. The number of nitrogens with zero attached hydrogens (tertiary/aromatic N) is 1. The second kappa shape index (κ2) is 5.73. The highest BCUT2D eigenvalue weighted by Crippen LogP contribution is 2.27. The summed E-state index contributed by atoms with van der Waals surface area (Å²) in [5, 5.41) is 12.9. The number of hydrogen-bond donors (Lipinski definition) is 2. The highest BCUT2D eigenvalue weighted by Gasteiger charge is 2.23. The fraction of sp³-hybridized carbons (Fsp3) is 0.333. The van der Waals surface area contributed by atoms with Crippen molar-refractivity contribution in [1.82, 2.24) is 10.3 Å². The Balaban J connectivity index is 2.26. The number of carbonyl (C=O) groups is 1. The predicted molar refractivity (Wildman–Crippen MR) is 80.9 cm³/mol. The number of hydrogen-bond acceptors (Lipinski definition) is 4. The zero-order valence-corrected chi connectivity index (χ0v) is 12.6. The summed E-state index contributed by atoms with van der Waals surface area (Å²) in [6.07, 6.45) is 0. The molecule has 1 heterocycles. The minimum atomic E-state index is -0.638. The Morgan fingerprint density at radius 2 is 2.00 bits per heavy atom. The van der Waals surface area contributed by atoms with Crippen molar-refractivity contribution in [3.63, 3.8) is 0 Å². The van der Waals surface area contributed by atoms with Crippen LogP contribution >= 0.6 is 11.3 Å². The number of rotatable bonds is 4. The van der Waals surface area contributed by atoms with Crippen LogP contribution in [0.5, 0.6) is 0 Å². The lowest BCUT2D eigenvalue weighted by Gasteiger charge is -2.22. The summed E-state index contributed by atoms with van der Waals surface area (Å²) >= 11 is 1.37. The van der Waals surface area contributed by atoms with Gasteiger partial charge in [-0.3, -0.25) is 4.79 Å². The third kappa shape index (κ3) is 3.23. The lowest BCUT2D eigenvalue weighted by Crippen LogP contribution is -2.46. The number of amides is 1. The van der Waals surface area contributed by atoms with E-state index in [9.17, 15) is 9.90 Å². The van der Waals surface area contributed by atoms with Crippen molar-refractivity contribution in [3.05, 3.63) is 40.9 Å². The van der Waals surface area contributed by atoms with Gasteiger partial charge in [0, 0.05) is 5.56 Å². The van der Waals surface area contributed by atoms with Crippen LogP contribution < -0.4 is 5.32 Å². The number of aliphatic hydroxyl groups excluding tert-OH is 1. The van der Waals surface area contributed by atoms with Crippen LogP contribution in [0.2, 0.25) is 0 Å². The van der Waals surface area contributed by atoms with Gasteiger partial charge in [-0.25, -0.2) is 4.98 Å². The van der Waals surface area contributed by atoms with E-state index in [1.165, 1.54) is 11.3 Å². The van der Waals surface area contributed by atoms with Crippen molar-refractivity contribution in [2.24, 2.45) is 0 Å². The van der Waals surface area contributed by atoms with E-state index in [1.54, 1.807) is 13.8 Å². The molecular formula is C15H18N2O2S. The number of aromatic nitrogens is 1. The average Bonchev–Trinajstić information content (AvgIpc) is 2.81. The molecule has 106 valence electrons. The smallest absolute Gasteiger partial charge is 0.263 e. The molecule has 0 saturated heterocycles. The molecule has 2 aromatic rings. The number of aryl methyl sites for hydroxylation is 1. The summed E-state index contributed by atoms with van der Waals surface area (Å²) in [7, 11) is 0. The Morgan fingerprint density at radius 3 is 2.60 bits per heavy atom. The molecule has 0 aliphatic heterocycles. The normalized spacial score (nSPS) is 11.4. The molecule has 0 radical (unpaired) electrons. The predicted octanol–water partition coefficient (Wildman–Crippen LogP) is 2.62. The molecular weight excluding hydrogens is 272 g/mol. The molecule has 0 aliphatic rings. The molecule has 2 rings (SSSR count). The van der Waals surface area contributed by atoms with E-state index >= 15 is 0 Å². The molecule has 0 fully saturated rings. The molecule has 5 heteroatoms. The first kappa shape index (κ1) is 14.7. The van der Waals surface area contributed by atoms with Crippen LogP contribution in [-0.4, -0.2) is 28.1 Å². The van der Waals surface area contributed by atoms with Crippen LogP contribution in [0.4, 0.5) is 0 Å². The second-order valence-corrected chi connectivity index (χ2v) is 6.29. The van der Waals surface area contributed by atoms with E-state index in [0.717, 1.165) is 10.6 Å². The second-order valence-electron chi connectivity index (χ2n) is 5.30. The first-order valence-electron chi connectivity index (χ1n) is 6.39. The third-order valence-corrected chi connectivity index (χ3v) is 4.08. The Bertz CT molecular complexity index is 606. The largest absolute Gasteiger partial charge is 0.394 e. The van der Waals surface area contributed by atoms with Gasteiger partial charge in [0.15, 0.2) is 0 Å². The molecule has 4 nitrogen and oxygen atoms in total. The van der Waals surface area contributed by atoms with Crippen molar-refractivity contribution in [3.8, 4) is 10.6 Å². The maximum absolute atomic E-state index is 12.2. The lowest BCUT2D eigenvalue weighted by molar-refractivity contribution is 0.0872. The van der Waals surface area contributed by atoms with Crippen LogP contribution in [0.15, 0.2) is 30.3 Å². The fourth-order valence-electron chi connectivity index (χ4n) is 1.71. The molecule has 0 bridgehead atoms. The molecule has 1 aromatic heterocycles. The maximum Gasteiger partial charge on any atom is 0.263 e. The molecule has 1 amide bonds. The van der Waals surface area contributed by atoms with Gasteiger partial charge in [-0.15, -0.1) is 11.3 Å². The topological polar surface area (TPSA) is 62.2 Å². The lowest BCUT2D eigenvalue weighted by atomic mass is 10.1. The number of aliphatic hydroxyl groups is 1. The average molecular weight is 290 g/mol. The first-order valence-corrected chi connectivity index (χ1v) is 7.21. The summed E-state index contributed by atoms with van der Waals surface area (Å²) in [5.41, 5.74) is 1.07. The summed E-state index contributed by atoms with van der Waals surface area (Å²) in [5.74, 6) is -0.193. The number of nitrogens with one attached hydrogen (secondary N) is 1. The molecule has 0 aliphatic carbocycles. The van der Waals surface area contributed by atoms with Crippen LogP contribution in [0, 0.1) is 6.92 Å². The minimum absolute atomic E-state index is 0.109. The van der Waals surface area contributed by atoms with E-state index in [4.69, 9.17) is 0 Å². The zero-order valence-electron chi connectivity index (χ0n) is 11.8. The van der Waals surface area contributed by atoms with Crippen molar-refractivity contribution in [1.29, 1.82) is 0 Å². The zero-order chi connectivity index (χ0) is 14.8. The van der Waals surface area contributed by atoms with Crippen molar-refractivity contribution in [2.75, 3.05) is 6.61 Å². The van der Waals surface area contributed by atoms with Crippen LogP contribution in [0.1, 0.15) is 29.2 Å². The van der Waals surface area contributed by atoms with Gasteiger partial charge < -0.3 is 10.4 Å². The highest BCUT2D eigenvalue weighted by molar-refractivity contribution is 7.17. The summed E-state index contributed by atoms with van der Waals surface area (Å²) < 4.78 is 0. The summed E-state index contributed by atoms with van der Waals surface area (Å²) in [4.78, 5) is 17.3. The standard InChI is InChI=1S/C15H18N2O2S/c1-10-12(13(19)17-15(2,3)9-18)20-14(16-10)11-7-5-4-6-8-11/h4-8,18H,9H2,1-3H3,(H,17,19). The van der Waals surface area contributed by atoms with Crippen LogP contribution in [0.3, 0.4) is 0 Å². The Hall–Kier alpha value is -1.72. The van der Waals surface area contributed by atoms with Crippen LogP contribution in [-0.2, 0) is 0 Å². The van der Waals surface area contributed by atoms with Crippen molar-refractivity contribution in [2.45, 2.75) is 26.3 Å². The fourth-order valence-corrected chi connectivity index (χ4v) is 2.68. The highest BCUT2D eigenvalue weighted by atomic mass is 32.1.